The molecule has 0 amide bonds. The molecule has 0 saturated heterocycles. The molecule has 2 heterocycles. The van der Waals surface area contributed by atoms with Gasteiger partial charge in [0.2, 0.25) is 11.3 Å². The molecule has 0 saturated carbocycles. The first-order chi connectivity index (χ1) is 10.6. The molecule has 22 heavy (non-hydrogen) atoms. The largest absolute Gasteiger partial charge is 0.440 e. The Hall–Kier alpha value is -3.15. The highest BCUT2D eigenvalue weighted by molar-refractivity contribution is 5.86. The number of anilines is 1. The van der Waals surface area contributed by atoms with Crippen LogP contribution in [0.1, 0.15) is 6.92 Å². The first kappa shape index (κ1) is 13.8. The van der Waals surface area contributed by atoms with Crippen molar-refractivity contribution in [2.75, 3.05) is 5.73 Å². The average molecular weight is 296 g/mol. The molecule has 3 aromatic rings. The topological polar surface area (TPSA) is 95.4 Å². The summed E-state index contributed by atoms with van der Waals surface area (Å²) in [4.78, 5) is 27.7. The van der Waals surface area contributed by atoms with Crippen molar-refractivity contribution in [2.45, 2.75) is 6.92 Å². The predicted molar refractivity (Wildman–Crippen MR) is 81.4 cm³/mol. The van der Waals surface area contributed by atoms with Crippen LogP contribution < -0.4 is 15.9 Å². The van der Waals surface area contributed by atoms with Crippen LogP contribution in [0.5, 0.6) is 5.75 Å². The summed E-state index contributed by atoms with van der Waals surface area (Å²) >= 11 is 0. The number of nitrogens with two attached hydrogens (primary N) is 1. The van der Waals surface area contributed by atoms with Crippen molar-refractivity contribution >= 4 is 22.8 Å². The number of aromatic nitrogens is 1. The molecule has 110 valence electrons. The molecule has 3 rings (SSSR count). The van der Waals surface area contributed by atoms with Gasteiger partial charge in [-0.25, -0.2) is 0 Å². The zero-order valence-electron chi connectivity index (χ0n) is 11.7. The molecule has 2 aromatic heterocycles. The summed E-state index contributed by atoms with van der Waals surface area (Å²) in [5.41, 5.74) is 6.48. The number of hydrogen-bond donors (Lipinski definition) is 1. The molecular weight excluding hydrogens is 284 g/mol. The molecule has 0 radical (unpaired) electrons. The number of nitrogens with zero attached hydrogens (tertiary/aromatic N) is 1. The Morgan fingerprint density at radius 1 is 1.27 bits per heavy atom. The Labute approximate surface area is 125 Å². The van der Waals surface area contributed by atoms with E-state index in [-0.39, 0.29) is 28.2 Å². The Morgan fingerprint density at radius 2 is 2.09 bits per heavy atom. The SMILES string of the molecule is CC(=O)Oc1ccc2c(=O)c(-c3ccccn3)c(N)oc2c1. The van der Waals surface area contributed by atoms with E-state index in [9.17, 15) is 9.59 Å². The van der Waals surface area contributed by atoms with Crippen LogP contribution in [0, 0.1) is 0 Å². The molecule has 0 aliphatic heterocycles. The summed E-state index contributed by atoms with van der Waals surface area (Å²) in [6, 6.07) is 9.70. The fourth-order valence-corrected chi connectivity index (χ4v) is 2.17. The van der Waals surface area contributed by atoms with Crippen LogP contribution in [0.25, 0.3) is 22.2 Å². The smallest absolute Gasteiger partial charge is 0.308 e. The lowest BCUT2D eigenvalue weighted by atomic mass is 10.1. The second kappa shape index (κ2) is 5.33. The minimum absolute atomic E-state index is 0.0313. The van der Waals surface area contributed by atoms with Crippen LogP contribution in [-0.4, -0.2) is 11.0 Å². The zero-order chi connectivity index (χ0) is 15.7. The van der Waals surface area contributed by atoms with Crippen LogP contribution >= 0.6 is 0 Å². The molecule has 0 aliphatic carbocycles. The van der Waals surface area contributed by atoms with Crippen molar-refractivity contribution in [1.82, 2.24) is 4.98 Å². The first-order valence-electron chi connectivity index (χ1n) is 6.52. The highest BCUT2D eigenvalue weighted by Gasteiger charge is 2.15. The lowest BCUT2D eigenvalue weighted by molar-refractivity contribution is -0.131. The van der Waals surface area contributed by atoms with Gasteiger partial charge in [-0.3, -0.25) is 14.6 Å². The fraction of sp³-hybridized carbons (Fsp3) is 0.0625. The number of fused-ring (bicyclic) bond motifs is 1. The van der Waals surface area contributed by atoms with E-state index in [1.165, 1.54) is 25.1 Å². The van der Waals surface area contributed by atoms with Gasteiger partial charge in [-0.15, -0.1) is 0 Å². The van der Waals surface area contributed by atoms with Crippen molar-refractivity contribution < 1.29 is 13.9 Å². The molecule has 0 aliphatic rings. The van der Waals surface area contributed by atoms with E-state index in [1.807, 2.05) is 0 Å². The number of esters is 1. The number of carbonyl (C=O) groups excluding carboxylic acids is 1. The molecule has 1 aromatic carbocycles. The van der Waals surface area contributed by atoms with Gasteiger partial charge >= 0.3 is 5.97 Å². The molecular formula is C16H12N2O4. The Balaban J connectivity index is 2.22. The van der Waals surface area contributed by atoms with Crippen LogP contribution in [0.3, 0.4) is 0 Å². The molecule has 2 N–H and O–H groups in total. The van der Waals surface area contributed by atoms with Gasteiger partial charge in [-0.1, -0.05) is 6.07 Å². The summed E-state index contributed by atoms with van der Waals surface area (Å²) < 4.78 is 10.5. The van der Waals surface area contributed by atoms with Crippen molar-refractivity contribution in [3.63, 3.8) is 0 Å². The highest BCUT2D eigenvalue weighted by atomic mass is 16.5. The summed E-state index contributed by atoms with van der Waals surface area (Å²) in [5.74, 6) is -0.205. The van der Waals surface area contributed by atoms with Crippen LogP contribution in [-0.2, 0) is 4.79 Å². The van der Waals surface area contributed by atoms with Crippen molar-refractivity contribution in [2.24, 2.45) is 0 Å². The molecule has 6 heteroatoms. The van der Waals surface area contributed by atoms with E-state index < -0.39 is 5.97 Å². The van der Waals surface area contributed by atoms with Gasteiger partial charge < -0.3 is 14.9 Å². The number of carbonyl (C=O) groups is 1. The monoisotopic (exact) mass is 296 g/mol. The number of ether oxygens (including phenoxy) is 1. The van der Waals surface area contributed by atoms with E-state index in [1.54, 1.807) is 24.4 Å². The van der Waals surface area contributed by atoms with E-state index in [2.05, 4.69) is 4.98 Å². The maximum Gasteiger partial charge on any atom is 0.308 e. The van der Waals surface area contributed by atoms with E-state index in [4.69, 9.17) is 14.9 Å². The Morgan fingerprint density at radius 3 is 2.77 bits per heavy atom. The zero-order valence-corrected chi connectivity index (χ0v) is 11.7. The van der Waals surface area contributed by atoms with Crippen molar-refractivity contribution in [1.29, 1.82) is 0 Å². The number of pyridine rings is 1. The van der Waals surface area contributed by atoms with E-state index in [0.29, 0.717) is 11.1 Å². The normalized spacial score (nSPS) is 10.6. The van der Waals surface area contributed by atoms with Crippen molar-refractivity contribution in [3.05, 3.63) is 52.8 Å². The fourth-order valence-electron chi connectivity index (χ4n) is 2.17. The highest BCUT2D eigenvalue weighted by Crippen LogP contribution is 2.27. The number of rotatable bonds is 2. The van der Waals surface area contributed by atoms with Gasteiger partial charge in [0.25, 0.3) is 0 Å². The Kier molecular flexibility index (Phi) is 3.34. The molecule has 0 fully saturated rings. The van der Waals surface area contributed by atoms with Crippen molar-refractivity contribution in [3.8, 4) is 17.0 Å². The minimum atomic E-state index is -0.459. The summed E-state index contributed by atoms with van der Waals surface area (Å²) in [6.07, 6.45) is 1.57. The third-order valence-corrected chi connectivity index (χ3v) is 3.07. The number of benzene rings is 1. The van der Waals surface area contributed by atoms with Gasteiger partial charge in [-0.2, -0.15) is 0 Å². The van der Waals surface area contributed by atoms with Gasteiger partial charge in [-0.05, 0) is 24.3 Å². The van der Waals surface area contributed by atoms with E-state index >= 15 is 0 Å². The molecule has 0 atom stereocenters. The molecule has 0 bridgehead atoms. The lowest BCUT2D eigenvalue weighted by Gasteiger charge is -2.07. The minimum Gasteiger partial charge on any atom is -0.440 e. The second-order valence-electron chi connectivity index (χ2n) is 4.64. The van der Waals surface area contributed by atoms with Gasteiger partial charge in [0.1, 0.15) is 16.9 Å². The van der Waals surface area contributed by atoms with Gasteiger partial charge in [0.15, 0.2) is 0 Å². The summed E-state index contributed by atoms with van der Waals surface area (Å²) in [7, 11) is 0. The van der Waals surface area contributed by atoms with Crippen LogP contribution in [0.2, 0.25) is 0 Å². The maximum atomic E-state index is 12.6. The second-order valence-corrected chi connectivity index (χ2v) is 4.64. The average Bonchev–Trinajstić information content (AvgIpc) is 2.47. The van der Waals surface area contributed by atoms with Gasteiger partial charge in [0, 0.05) is 19.2 Å². The first-order valence-corrected chi connectivity index (χ1v) is 6.52. The molecule has 0 spiro atoms. The van der Waals surface area contributed by atoms with Crippen LogP contribution in [0.4, 0.5) is 5.88 Å². The number of nitrogen functional groups attached to an aromatic ring is 1. The van der Waals surface area contributed by atoms with Gasteiger partial charge in [0.05, 0.1) is 11.1 Å². The summed E-state index contributed by atoms with van der Waals surface area (Å²) in [6.45, 7) is 1.29. The Bertz CT molecular complexity index is 917. The van der Waals surface area contributed by atoms with Crippen LogP contribution in [0.15, 0.2) is 51.8 Å². The maximum absolute atomic E-state index is 12.6. The third kappa shape index (κ3) is 2.42. The molecule has 0 unspecified atom stereocenters. The summed E-state index contributed by atoms with van der Waals surface area (Å²) in [5, 5.41) is 0.339. The molecule has 6 nitrogen and oxygen atoms in total. The number of hydrogen-bond acceptors (Lipinski definition) is 6. The quantitative estimate of drug-likeness (QED) is 0.576. The third-order valence-electron chi connectivity index (χ3n) is 3.07. The van der Waals surface area contributed by atoms with E-state index in [0.717, 1.165) is 0 Å². The standard InChI is InChI=1S/C16H12N2O4/c1-9(19)21-10-5-6-11-13(8-10)22-16(17)14(15(11)20)12-4-2-3-7-18-12/h2-8H,17H2,1H3. The predicted octanol–water partition coefficient (Wildman–Crippen LogP) is 2.36. The lowest BCUT2D eigenvalue weighted by Crippen LogP contribution is -2.10.